The van der Waals surface area contributed by atoms with Crippen LogP contribution in [0.3, 0.4) is 0 Å². The molecule has 0 saturated carbocycles. The summed E-state index contributed by atoms with van der Waals surface area (Å²) in [4.78, 5) is 17.1. The standard InChI is InChI=1S/C10H13F3N2O2S/c1-6-7(8(16)17-3)18-9(14-6)15(2)5-4-10(11,12)13/h4-5H2,1-3H3. The highest BCUT2D eigenvalue weighted by molar-refractivity contribution is 7.17. The van der Waals surface area contributed by atoms with E-state index in [0.29, 0.717) is 15.7 Å². The van der Waals surface area contributed by atoms with Gasteiger partial charge in [-0.3, -0.25) is 0 Å². The van der Waals surface area contributed by atoms with Crippen LogP contribution in [-0.2, 0) is 4.74 Å². The van der Waals surface area contributed by atoms with Gasteiger partial charge in [-0.2, -0.15) is 13.2 Å². The monoisotopic (exact) mass is 282 g/mol. The van der Waals surface area contributed by atoms with Gasteiger partial charge in [0.1, 0.15) is 4.88 Å². The van der Waals surface area contributed by atoms with Gasteiger partial charge in [0.25, 0.3) is 0 Å². The van der Waals surface area contributed by atoms with E-state index in [9.17, 15) is 18.0 Å². The number of rotatable bonds is 4. The largest absolute Gasteiger partial charge is 0.465 e. The van der Waals surface area contributed by atoms with Gasteiger partial charge in [-0.25, -0.2) is 9.78 Å². The zero-order chi connectivity index (χ0) is 13.9. The van der Waals surface area contributed by atoms with Crippen molar-refractivity contribution in [3.63, 3.8) is 0 Å². The van der Waals surface area contributed by atoms with E-state index in [-0.39, 0.29) is 6.54 Å². The first-order valence-electron chi connectivity index (χ1n) is 5.08. The molecule has 1 rings (SSSR count). The summed E-state index contributed by atoms with van der Waals surface area (Å²) in [6.45, 7) is 1.42. The Balaban J connectivity index is 2.75. The minimum absolute atomic E-state index is 0.197. The molecule has 0 radical (unpaired) electrons. The Bertz CT molecular complexity index is 431. The lowest BCUT2D eigenvalue weighted by Crippen LogP contribution is -2.23. The normalized spacial score (nSPS) is 11.4. The van der Waals surface area contributed by atoms with E-state index in [1.165, 1.54) is 19.1 Å². The van der Waals surface area contributed by atoms with Gasteiger partial charge in [0.05, 0.1) is 19.2 Å². The fourth-order valence-electron chi connectivity index (χ4n) is 1.22. The fourth-order valence-corrected chi connectivity index (χ4v) is 2.19. The first kappa shape index (κ1) is 14.7. The molecule has 18 heavy (non-hydrogen) atoms. The van der Waals surface area contributed by atoms with Crippen molar-refractivity contribution < 1.29 is 22.7 Å². The number of hydrogen-bond acceptors (Lipinski definition) is 5. The van der Waals surface area contributed by atoms with Gasteiger partial charge in [-0.05, 0) is 6.92 Å². The second-order valence-corrected chi connectivity index (χ2v) is 4.67. The molecule has 0 amide bonds. The zero-order valence-corrected chi connectivity index (χ0v) is 11.0. The number of halogens is 3. The number of nitrogens with zero attached hydrogens (tertiary/aromatic N) is 2. The van der Waals surface area contributed by atoms with E-state index >= 15 is 0 Å². The molecule has 0 saturated heterocycles. The highest BCUT2D eigenvalue weighted by Crippen LogP contribution is 2.27. The Hall–Kier alpha value is -1.31. The van der Waals surface area contributed by atoms with E-state index in [4.69, 9.17) is 0 Å². The van der Waals surface area contributed by atoms with Gasteiger partial charge in [-0.15, -0.1) is 0 Å². The Labute approximate surface area is 106 Å². The van der Waals surface area contributed by atoms with E-state index in [1.54, 1.807) is 6.92 Å². The molecule has 0 N–H and O–H groups in total. The van der Waals surface area contributed by atoms with Crippen molar-refractivity contribution in [1.82, 2.24) is 4.98 Å². The molecule has 0 aliphatic rings. The zero-order valence-electron chi connectivity index (χ0n) is 10.2. The molecule has 0 aromatic carbocycles. The van der Waals surface area contributed by atoms with Crippen LogP contribution in [0.25, 0.3) is 0 Å². The molecule has 0 aliphatic heterocycles. The molecule has 0 unspecified atom stereocenters. The molecule has 4 nitrogen and oxygen atoms in total. The smallest absolute Gasteiger partial charge is 0.390 e. The van der Waals surface area contributed by atoms with Crippen molar-refractivity contribution in [3.05, 3.63) is 10.6 Å². The summed E-state index contributed by atoms with van der Waals surface area (Å²) in [5.74, 6) is -0.527. The Morgan fingerprint density at radius 1 is 1.50 bits per heavy atom. The lowest BCUT2D eigenvalue weighted by atomic mass is 10.4. The van der Waals surface area contributed by atoms with Crippen molar-refractivity contribution in [2.45, 2.75) is 19.5 Å². The van der Waals surface area contributed by atoms with Crippen molar-refractivity contribution in [2.75, 3.05) is 25.6 Å². The Morgan fingerprint density at radius 2 is 2.11 bits per heavy atom. The van der Waals surface area contributed by atoms with Crippen LogP contribution < -0.4 is 4.90 Å². The summed E-state index contributed by atoms with van der Waals surface area (Å²) in [7, 11) is 2.75. The SMILES string of the molecule is COC(=O)c1sc(N(C)CCC(F)(F)F)nc1C. The number of hydrogen-bond donors (Lipinski definition) is 0. The molecule has 0 spiro atoms. The summed E-state index contributed by atoms with van der Waals surface area (Å²) in [5.41, 5.74) is 0.459. The first-order valence-corrected chi connectivity index (χ1v) is 5.90. The quantitative estimate of drug-likeness (QED) is 0.796. The number of esters is 1. The molecular formula is C10H13F3N2O2S. The third-order valence-electron chi connectivity index (χ3n) is 2.21. The average Bonchev–Trinajstić information content (AvgIpc) is 2.66. The van der Waals surface area contributed by atoms with Crippen LogP contribution in [0, 0.1) is 6.92 Å². The number of carbonyl (C=O) groups is 1. The van der Waals surface area contributed by atoms with E-state index in [2.05, 4.69) is 9.72 Å². The van der Waals surface area contributed by atoms with E-state index in [0.717, 1.165) is 11.3 Å². The lowest BCUT2D eigenvalue weighted by molar-refractivity contribution is -0.132. The van der Waals surface area contributed by atoms with Crippen LogP contribution in [0.15, 0.2) is 0 Å². The third kappa shape index (κ3) is 3.86. The molecular weight excluding hydrogens is 269 g/mol. The number of carbonyl (C=O) groups excluding carboxylic acids is 1. The molecule has 1 aromatic heterocycles. The highest BCUT2D eigenvalue weighted by atomic mass is 32.1. The molecule has 1 aromatic rings. The summed E-state index contributed by atoms with van der Waals surface area (Å²) in [5, 5.41) is 0.372. The molecule has 0 fully saturated rings. The minimum atomic E-state index is -4.20. The van der Waals surface area contributed by atoms with Gasteiger partial charge in [0, 0.05) is 13.6 Å². The van der Waals surface area contributed by atoms with Gasteiger partial charge < -0.3 is 9.64 Å². The van der Waals surface area contributed by atoms with Crippen LogP contribution in [0.2, 0.25) is 0 Å². The molecule has 102 valence electrons. The molecule has 8 heteroatoms. The van der Waals surface area contributed by atoms with Gasteiger partial charge in [0.2, 0.25) is 0 Å². The minimum Gasteiger partial charge on any atom is -0.465 e. The van der Waals surface area contributed by atoms with Crippen molar-refractivity contribution in [2.24, 2.45) is 0 Å². The number of alkyl halides is 3. The maximum atomic E-state index is 12.1. The number of ether oxygens (including phenoxy) is 1. The number of anilines is 1. The second kappa shape index (κ2) is 5.55. The van der Waals surface area contributed by atoms with Crippen molar-refractivity contribution >= 4 is 22.4 Å². The molecule has 0 aliphatic carbocycles. The average molecular weight is 282 g/mol. The topological polar surface area (TPSA) is 42.4 Å². The number of aromatic nitrogens is 1. The maximum Gasteiger partial charge on any atom is 0.390 e. The van der Waals surface area contributed by atoms with Crippen LogP contribution in [-0.4, -0.2) is 37.8 Å². The highest BCUT2D eigenvalue weighted by Gasteiger charge is 2.28. The summed E-state index contributed by atoms with van der Waals surface area (Å²) < 4.78 is 40.8. The Kier molecular flexibility index (Phi) is 4.55. The van der Waals surface area contributed by atoms with E-state index in [1.807, 2.05) is 0 Å². The summed E-state index contributed by atoms with van der Waals surface area (Å²) in [6, 6.07) is 0. The fraction of sp³-hybridized carbons (Fsp3) is 0.600. The van der Waals surface area contributed by atoms with Crippen molar-refractivity contribution in [3.8, 4) is 0 Å². The number of thiazole rings is 1. The predicted molar refractivity (Wildman–Crippen MR) is 62.1 cm³/mol. The van der Waals surface area contributed by atoms with Crippen molar-refractivity contribution in [1.29, 1.82) is 0 Å². The van der Waals surface area contributed by atoms with Crippen LogP contribution in [0.5, 0.6) is 0 Å². The number of methoxy groups -OCH3 is 1. The molecule has 0 bridgehead atoms. The molecule has 0 atom stereocenters. The second-order valence-electron chi connectivity index (χ2n) is 3.69. The van der Waals surface area contributed by atoms with Gasteiger partial charge >= 0.3 is 12.1 Å². The first-order chi connectivity index (χ1) is 8.24. The number of aryl methyl sites for hydroxylation is 1. The maximum absolute atomic E-state index is 12.1. The Morgan fingerprint density at radius 3 is 2.61 bits per heavy atom. The summed E-state index contributed by atoms with van der Waals surface area (Å²) in [6.07, 6.45) is -5.12. The van der Waals surface area contributed by atoms with Crippen LogP contribution in [0.1, 0.15) is 21.8 Å². The summed E-state index contributed by atoms with van der Waals surface area (Å²) >= 11 is 1.02. The van der Waals surface area contributed by atoms with Gasteiger partial charge in [-0.1, -0.05) is 11.3 Å². The lowest BCUT2D eigenvalue weighted by Gasteiger charge is -2.16. The molecule has 1 heterocycles. The van der Waals surface area contributed by atoms with E-state index < -0.39 is 18.6 Å². The third-order valence-corrected chi connectivity index (χ3v) is 3.47. The van der Waals surface area contributed by atoms with Crippen LogP contribution >= 0.6 is 11.3 Å². The van der Waals surface area contributed by atoms with Gasteiger partial charge in [0.15, 0.2) is 5.13 Å². The van der Waals surface area contributed by atoms with Crippen LogP contribution in [0.4, 0.5) is 18.3 Å². The predicted octanol–water partition coefficient (Wildman–Crippen LogP) is 2.63.